The number of fused-ring (bicyclic) bond motifs is 4. The van der Waals surface area contributed by atoms with E-state index >= 15 is 0 Å². The molecule has 0 radical (unpaired) electrons. The van der Waals surface area contributed by atoms with Crippen molar-refractivity contribution in [2.45, 2.75) is 13.5 Å². The molecule has 0 fully saturated rings. The highest BCUT2D eigenvalue weighted by Crippen LogP contribution is 2.29. The monoisotopic (exact) mass is 264 g/mol. The molecule has 98 valence electrons. The zero-order valence-corrected chi connectivity index (χ0v) is 11.0. The molecular formula is C16H12N2O2. The maximum atomic E-state index is 12.7. The molecule has 4 heteroatoms. The highest BCUT2D eigenvalue weighted by atomic mass is 16.5. The van der Waals surface area contributed by atoms with Gasteiger partial charge in [0.25, 0.3) is 5.56 Å². The molecule has 2 heterocycles. The Balaban J connectivity index is 2.14. The van der Waals surface area contributed by atoms with Crippen LogP contribution in [0.3, 0.4) is 0 Å². The maximum absolute atomic E-state index is 12.7. The second-order valence-corrected chi connectivity index (χ2v) is 4.95. The van der Waals surface area contributed by atoms with Gasteiger partial charge in [-0.1, -0.05) is 18.2 Å². The molecule has 0 saturated carbocycles. The Morgan fingerprint density at radius 2 is 2.05 bits per heavy atom. The lowest BCUT2D eigenvalue weighted by Crippen LogP contribution is -2.28. The Kier molecular flexibility index (Phi) is 2.21. The fraction of sp³-hybridized carbons (Fsp3) is 0.125. The number of aryl methyl sites for hydroxylation is 1. The number of hydrogen-bond donors (Lipinski definition) is 0. The van der Waals surface area contributed by atoms with Gasteiger partial charge in [0.1, 0.15) is 12.4 Å². The molecule has 20 heavy (non-hydrogen) atoms. The molecule has 1 aliphatic heterocycles. The van der Waals surface area contributed by atoms with Crippen LogP contribution < -0.4 is 10.3 Å². The van der Waals surface area contributed by atoms with Crippen LogP contribution in [-0.4, -0.2) is 9.55 Å². The van der Waals surface area contributed by atoms with E-state index < -0.39 is 0 Å². The van der Waals surface area contributed by atoms with Gasteiger partial charge >= 0.3 is 0 Å². The van der Waals surface area contributed by atoms with E-state index in [4.69, 9.17) is 4.74 Å². The first kappa shape index (κ1) is 11.2. The van der Waals surface area contributed by atoms with E-state index in [9.17, 15) is 4.79 Å². The Morgan fingerprint density at radius 1 is 1.20 bits per heavy atom. The minimum atomic E-state index is -0.0410. The number of benzene rings is 2. The lowest BCUT2D eigenvalue weighted by Gasteiger charge is -2.22. The molecule has 0 aliphatic carbocycles. The summed E-state index contributed by atoms with van der Waals surface area (Å²) < 4.78 is 7.35. The Morgan fingerprint density at radius 3 is 2.95 bits per heavy atom. The van der Waals surface area contributed by atoms with E-state index in [-0.39, 0.29) is 5.56 Å². The van der Waals surface area contributed by atoms with Gasteiger partial charge in [-0.05, 0) is 36.8 Å². The van der Waals surface area contributed by atoms with Gasteiger partial charge in [-0.25, -0.2) is 4.98 Å². The van der Waals surface area contributed by atoms with Crippen LogP contribution in [0.2, 0.25) is 0 Å². The van der Waals surface area contributed by atoms with Crippen molar-refractivity contribution in [1.29, 1.82) is 0 Å². The number of nitrogens with zero attached hydrogens (tertiary/aromatic N) is 2. The number of para-hydroxylation sites is 1. The lowest BCUT2D eigenvalue weighted by atomic mass is 10.1. The maximum Gasteiger partial charge on any atom is 0.266 e. The summed E-state index contributed by atoms with van der Waals surface area (Å²) >= 11 is 0. The molecule has 3 aromatic rings. The van der Waals surface area contributed by atoms with Crippen molar-refractivity contribution < 1.29 is 4.74 Å². The summed E-state index contributed by atoms with van der Waals surface area (Å²) in [5.41, 5.74) is 2.53. The summed E-state index contributed by atoms with van der Waals surface area (Å²) in [6.07, 6.45) is 0. The SMILES string of the molecule is Cc1ccc2c(c1)-n1c(nc3ccccc3c1=O)CO2. The van der Waals surface area contributed by atoms with Gasteiger partial charge in [0.05, 0.1) is 16.6 Å². The van der Waals surface area contributed by atoms with E-state index in [1.807, 2.05) is 49.4 Å². The first-order valence-corrected chi connectivity index (χ1v) is 6.48. The number of hydrogen-bond acceptors (Lipinski definition) is 3. The molecule has 0 amide bonds. The molecule has 0 atom stereocenters. The fourth-order valence-corrected chi connectivity index (χ4v) is 2.59. The van der Waals surface area contributed by atoms with Gasteiger partial charge in [0, 0.05) is 0 Å². The summed E-state index contributed by atoms with van der Waals surface area (Å²) in [6, 6.07) is 13.2. The molecule has 1 aliphatic rings. The van der Waals surface area contributed by atoms with Crippen LogP contribution in [-0.2, 0) is 6.61 Å². The third-order valence-corrected chi connectivity index (χ3v) is 3.56. The minimum absolute atomic E-state index is 0.0410. The van der Waals surface area contributed by atoms with Crippen molar-refractivity contribution in [2.75, 3.05) is 0 Å². The van der Waals surface area contributed by atoms with Gasteiger partial charge < -0.3 is 4.74 Å². The fourth-order valence-electron chi connectivity index (χ4n) is 2.59. The normalized spacial score (nSPS) is 12.7. The van der Waals surface area contributed by atoms with Crippen LogP contribution in [0.15, 0.2) is 47.3 Å². The number of aromatic nitrogens is 2. The third kappa shape index (κ3) is 1.48. The van der Waals surface area contributed by atoms with E-state index in [0.29, 0.717) is 23.3 Å². The first-order chi connectivity index (χ1) is 9.74. The van der Waals surface area contributed by atoms with Crippen molar-refractivity contribution in [3.63, 3.8) is 0 Å². The lowest BCUT2D eigenvalue weighted by molar-refractivity contribution is 0.277. The van der Waals surface area contributed by atoms with E-state index in [2.05, 4.69) is 4.98 Å². The van der Waals surface area contributed by atoms with Crippen LogP contribution in [0.1, 0.15) is 11.4 Å². The Hall–Kier alpha value is -2.62. The van der Waals surface area contributed by atoms with E-state index in [1.54, 1.807) is 4.57 Å². The molecule has 0 spiro atoms. The predicted octanol–water partition coefficient (Wildman–Crippen LogP) is 2.59. The van der Waals surface area contributed by atoms with Crippen molar-refractivity contribution in [3.8, 4) is 11.4 Å². The average molecular weight is 264 g/mol. The summed E-state index contributed by atoms with van der Waals surface area (Å²) in [5.74, 6) is 1.37. The Bertz CT molecular complexity index is 897. The molecule has 4 nitrogen and oxygen atoms in total. The molecule has 0 N–H and O–H groups in total. The van der Waals surface area contributed by atoms with Gasteiger partial charge in [-0.2, -0.15) is 0 Å². The molecule has 0 saturated heterocycles. The van der Waals surface area contributed by atoms with Crippen molar-refractivity contribution >= 4 is 10.9 Å². The topological polar surface area (TPSA) is 44.1 Å². The zero-order valence-electron chi connectivity index (χ0n) is 11.0. The van der Waals surface area contributed by atoms with Crippen molar-refractivity contribution in [3.05, 3.63) is 64.2 Å². The minimum Gasteiger partial charge on any atom is -0.483 e. The molecule has 4 rings (SSSR count). The van der Waals surface area contributed by atoms with Crippen LogP contribution in [0.4, 0.5) is 0 Å². The molecule has 0 unspecified atom stereocenters. The van der Waals surface area contributed by atoms with Crippen LogP contribution >= 0.6 is 0 Å². The standard InChI is InChI=1S/C16H12N2O2/c1-10-6-7-14-13(8-10)18-15(9-20-14)17-12-5-3-2-4-11(12)16(18)19/h2-8H,9H2,1H3. The van der Waals surface area contributed by atoms with Crippen molar-refractivity contribution in [1.82, 2.24) is 9.55 Å². The molecular weight excluding hydrogens is 252 g/mol. The summed E-state index contributed by atoms with van der Waals surface area (Å²) in [7, 11) is 0. The average Bonchev–Trinajstić information content (AvgIpc) is 2.47. The summed E-state index contributed by atoms with van der Waals surface area (Å²) in [5, 5.41) is 0.630. The second-order valence-electron chi connectivity index (χ2n) is 4.95. The summed E-state index contributed by atoms with van der Waals surface area (Å²) in [6.45, 7) is 2.31. The largest absolute Gasteiger partial charge is 0.483 e. The van der Waals surface area contributed by atoms with E-state index in [0.717, 1.165) is 17.0 Å². The van der Waals surface area contributed by atoms with Gasteiger partial charge in [0.15, 0.2) is 5.82 Å². The van der Waals surface area contributed by atoms with Crippen LogP contribution in [0.25, 0.3) is 16.6 Å². The van der Waals surface area contributed by atoms with Crippen molar-refractivity contribution in [2.24, 2.45) is 0 Å². The molecule has 1 aromatic heterocycles. The summed E-state index contributed by atoms with van der Waals surface area (Å²) in [4.78, 5) is 17.3. The predicted molar refractivity (Wildman–Crippen MR) is 76.4 cm³/mol. The smallest absolute Gasteiger partial charge is 0.266 e. The second kappa shape index (κ2) is 3.93. The van der Waals surface area contributed by atoms with Gasteiger partial charge in [-0.3, -0.25) is 9.36 Å². The number of rotatable bonds is 0. The quantitative estimate of drug-likeness (QED) is 0.627. The van der Waals surface area contributed by atoms with Gasteiger partial charge in [-0.15, -0.1) is 0 Å². The third-order valence-electron chi connectivity index (χ3n) is 3.56. The Labute approximate surface area is 115 Å². The molecule has 2 aromatic carbocycles. The number of ether oxygens (including phenoxy) is 1. The molecule has 0 bridgehead atoms. The van der Waals surface area contributed by atoms with Crippen LogP contribution in [0, 0.1) is 6.92 Å². The van der Waals surface area contributed by atoms with Crippen LogP contribution in [0.5, 0.6) is 5.75 Å². The first-order valence-electron chi connectivity index (χ1n) is 6.48. The highest BCUT2D eigenvalue weighted by molar-refractivity contribution is 5.78. The zero-order chi connectivity index (χ0) is 13.7. The highest BCUT2D eigenvalue weighted by Gasteiger charge is 2.20. The van der Waals surface area contributed by atoms with E-state index in [1.165, 1.54) is 0 Å². The van der Waals surface area contributed by atoms with Gasteiger partial charge in [0.2, 0.25) is 0 Å².